The standard InChI is InChI=1S/C19H14Br2N4O4/c20-11-5-1-3-9(7-11)13-19(15(26)24-18(29)25-16(19)27)14(23-17(28)22-13)10-4-2-6-12(21)8-10/h1-8,13-14H,(H2,22,23,28)(H2,24,25,26,27,29)/t13-,14+. The highest BCUT2D eigenvalue weighted by atomic mass is 79.9. The van der Waals surface area contributed by atoms with Crippen LogP contribution in [0.3, 0.4) is 0 Å². The van der Waals surface area contributed by atoms with E-state index in [1.807, 2.05) is 0 Å². The highest BCUT2D eigenvalue weighted by Gasteiger charge is 2.64. The molecule has 148 valence electrons. The zero-order chi connectivity index (χ0) is 20.8. The second-order valence-electron chi connectivity index (χ2n) is 6.70. The average Bonchev–Trinajstić information content (AvgIpc) is 2.66. The van der Waals surface area contributed by atoms with Crippen LogP contribution in [0.25, 0.3) is 0 Å². The lowest BCUT2D eigenvalue weighted by Gasteiger charge is -2.48. The largest absolute Gasteiger partial charge is 0.330 e. The number of imide groups is 2. The van der Waals surface area contributed by atoms with Gasteiger partial charge in [-0.25, -0.2) is 9.59 Å². The molecule has 0 radical (unpaired) electrons. The summed E-state index contributed by atoms with van der Waals surface area (Å²) in [4.78, 5) is 50.8. The first kappa shape index (κ1) is 19.6. The molecule has 0 bridgehead atoms. The average molecular weight is 522 g/mol. The quantitative estimate of drug-likeness (QED) is 0.454. The third-order valence-corrected chi connectivity index (χ3v) is 6.02. The first-order chi connectivity index (χ1) is 13.8. The third kappa shape index (κ3) is 3.22. The minimum Gasteiger partial charge on any atom is -0.330 e. The molecule has 2 fully saturated rings. The van der Waals surface area contributed by atoms with Gasteiger partial charge in [0.05, 0.1) is 12.1 Å². The monoisotopic (exact) mass is 520 g/mol. The van der Waals surface area contributed by atoms with Crippen molar-refractivity contribution in [2.75, 3.05) is 0 Å². The molecule has 4 rings (SSSR count). The molecule has 2 aliphatic rings. The lowest BCUT2D eigenvalue weighted by molar-refractivity contribution is -0.150. The molecule has 4 N–H and O–H groups in total. The van der Waals surface area contributed by atoms with E-state index in [1.165, 1.54) is 0 Å². The number of hydrogen-bond donors (Lipinski definition) is 4. The van der Waals surface area contributed by atoms with E-state index in [1.54, 1.807) is 48.5 Å². The van der Waals surface area contributed by atoms with Crippen molar-refractivity contribution >= 4 is 55.7 Å². The van der Waals surface area contributed by atoms with Gasteiger partial charge in [-0.15, -0.1) is 0 Å². The molecule has 0 unspecified atom stereocenters. The normalized spacial score (nSPS) is 23.1. The topological polar surface area (TPSA) is 116 Å². The summed E-state index contributed by atoms with van der Waals surface area (Å²) in [6, 6.07) is 10.4. The molecule has 6 amide bonds. The molecule has 2 aliphatic heterocycles. The summed E-state index contributed by atoms with van der Waals surface area (Å²) < 4.78 is 1.43. The number of benzene rings is 2. The summed E-state index contributed by atoms with van der Waals surface area (Å²) in [5.74, 6) is -1.59. The molecule has 1 spiro atoms. The first-order valence-electron chi connectivity index (χ1n) is 8.57. The summed E-state index contributed by atoms with van der Waals surface area (Å²) in [6.45, 7) is 0. The van der Waals surface area contributed by atoms with E-state index in [0.29, 0.717) is 20.1 Å². The highest BCUT2D eigenvalue weighted by Crippen LogP contribution is 2.48. The van der Waals surface area contributed by atoms with Gasteiger partial charge in [0.15, 0.2) is 5.41 Å². The van der Waals surface area contributed by atoms with Crippen molar-refractivity contribution < 1.29 is 19.2 Å². The van der Waals surface area contributed by atoms with Gasteiger partial charge in [0, 0.05) is 8.95 Å². The predicted molar refractivity (Wildman–Crippen MR) is 110 cm³/mol. The summed E-state index contributed by atoms with van der Waals surface area (Å²) in [5, 5.41) is 9.77. The number of amides is 6. The van der Waals surface area contributed by atoms with Crippen molar-refractivity contribution in [1.82, 2.24) is 21.3 Å². The number of barbiturate groups is 1. The summed E-state index contributed by atoms with van der Waals surface area (Å²) >= 11 is 6.75. The van der Waals surface area contributed by atoms with Crippen LogP contribution < -0.4 is 21.3 Å². The van der Waals surface area contributed by atoms with Crippen LogP contribution in [0.15, 0.2) is 57.5 Å². The Morgan fingerprint density at radius 2 is 1.14 bits per heavy atom. The Bertz CT molecular complexity index is 979. The van der Waals surface area contributed by atoms with Gasteiger partial charge in [-0.1, -0.05) is 56.1 Å². The molecule has 0 aromatic heterocycles. The second-order valence-corrected chi connectivity index (χ2v) is 8.53. The van der Waals surface area contributed by atoms with E-state index < -0.39 is 41.4 Å². The molecule has 8 nitrogen and oxygen atoms in total. The van der Waals surface area contributed by atoms with Gasteiger partial charge in [-0.2, -0.15) is 0 Å². The second kappa shape index (κ2) is 7.27. The maximum absolute atomic E-state index is 13.2. The SMILES string of the molecule is O=C1NC(=O)C2(C(=O)N1)[C@@H](c1cccc(Br)c1)NC(=O)N[C@H]2c1cccc(Br)c1. The van der Waals surface area contributed by atoms with E-state index >= 15 is 0 Å². The minimum atomic E-state index is -1.84. The molecule has 2 aromatic carbocycles. The Morgan fingerprint density at radius 1 is 0.690 bits per heavy atom. The van der Waals surface area contributed by atoms with E-state index in [2.05, 4.69) is 53.1 Å². The number of carbonyl (C=O) groups excluding carboxylic acids is 4. The zero-order valence-corrected chi connectivity index (χ0v) is 17.8. The molecule has 10 heteroatoms. The van der Waals surface area contributed by atoms with Crippen molar-refractivity contribution in [3.8, 4) is 0 Å². The Kier molecular flexibility index (Phi) is 4.91. The van der Waals surface area contributed by atoms with Crippen LogP contribution >= 0.6 is 31.9 Å². The van der Waals surface area contributed by atoms with Crippen molar-refractivity contribution in [1.29, 1.82) is 0 Å². The number of hydrogen-bond acceptors (Lipinski definition) is 4. The summed E-state index contributed by atoms with van der Waals surface area (Å²) in [6.07, 6.45) is 0. The fourth-order valence-corrected chi connectivity index (χ4v) is 4.67. The number of nitrogens with one attached hydrogen (secondary N) is 4. The molecule has 2 aromatic rings. The fourth-order valence-electron chi connectivity index (χ4n) is 3.83. The van der Waals surface area contributed by atoms with Crippen molar-refractivity contribution in [2.24, 2.45) is 5.41 Å². The summed E-state index contributed by atoms with van der Waals surface area (Å²) in [7, 11) is 0. The van der Waals surface area contributed by atoms with Crippen LogP contribution in [0.5, 0.6) is 0 Å². The van der Waals surface area contributed by atoms with Crippen LogP contribution in [0.4, 0.5) is 9.59 Å². The zero-order valence-electron chi connectivity index (χ0n) is 14.7. The Labute approximate surface area is 182 Å². The summed E-state index contributed by atoms with van der Waals surface area (Å²) in [5.41, 5.74) is -0.772. The Morgan fingerprint density at radius 3 is 1.55 bits per heavy atom. The molecule has 0 aliphatic carbocycles. The smallest absolute Gasteiger partial charge is 0.328 e. The van der Waals surface area contributed by atoms with Gasteiger partial charge in [-0.05, 0) is 35.4 Å². The van der Waals surface area contributed by atoms with Gasteiger partial charge in [0.25, 0.3) is 0 Å². The van der Waals surface area contributed by atoms with Crippen molar-refractivity contribution in [3.63, 3.8) is 0 Å². The fraction of sp³-hybridized carbons (Fsp3) is 0.158. The maximum atomic E-state index is 13.2. The molecular formula is C19H14Br2N4O4. The number of urea groups is 2. The number of halogens is 2. The third-order valence-electron chi connectivity index (χ3n) is 5.03. The van der Waals surface area contributed by atoms with Crippen LogP contribution in [0.2, 0.25) is 0 Å². The van der Waals surface area contributed by atoms with Crippen LogP contribution in [0.1, 0.15) is 23.2 Å². The predicted octanol–water partition coefficient (Wildman–Crippen LogP) is 2.66. The molecule has 2 saturated heterocycles. The van der Waals surface area contributed by atoms with Gasteiger partial charge in [0.2, 0.25) is 11.8 Å². The molecule has 2 heterocycles. The maximum Gasteiger partial charge on any atom is 0.328 e. The lowest BCUT2D eigenvalue weighted by Crippen LogP contribution is -2.73. The Balaban J connectivity index is 1.96. The van der Waals surface area contributed by atoms with E-state index in [0.717, 1.165) is 0 Å². The van der Waals surface area contributed by atoms with Gasteiger partial charge in [-0.3, -0.25) is 20.2 Å². The van der Waals surface area contributed by atoms with Gasteiger partial charge >= 0.3 is 12.1 Å². The van der Waals surface area contributed by atoms with Gasteiger partial charge < -0.3 is 10.6 Å². The van der Waals surface area contributed by atoms with Crippen LogP contribution in [0, 0.1) is 5.41 Å². The number of rotatable bonds is 2. The van der Waals surface area contributed by atoms with E-state index in [4.69, 9.17) is 0 Å². The van der Waals surface area contributed by atoms with Crippen molar-refractivity contribution in [2.45, 2.75) is 12.1 Å². The van der Waals surface area contributed by atoms with E-state index in [9.17, 15) is 19.2 Å². The van der Waals surface area contributed by atoms with E-state index in [-0.39, 0.29) is 0 Å². The van der Waals surface area contributed by atoms with Crippen LogP contribution in [-0.2, 0) is 9.59 Å². The first-order valence-corrected chi connectivity index (χ1v) is 10.2. The lowest BCUT2D eigenvalue weighted by atomic mass is 9.65. The molecule has 0 saturated carbocycles. The molecule has 29 heavy (non-hydrogen) atoms. The highest BCUT2D eigenvalue weighted by molar-refractivity contribution is 9.10. The molecular weight excluding hydrogens is 508 g/mol. The minimum absolute atomic E-state index is 0.536. The number of carbonyl (C=O) groups is 4. The molecule has 2 atom stereocenters. The van der Waals surface area contributed by atoms with Gasteiger partial charge in [0.1, 0.15) is 0 Å². The van der Waals surface area contributed by atoms with Crippen LogP contribution in [-0.4, -0.2) is 23.9 Å². The van der Waals surface area contributed by atoms with Crippen molar-refractivity contribution in [3.05, 3.63) is 68.6 Å². The Hall–Kier alpha value is -2.72.